The molecule has 0 atom stereocenters. The predicted octanol–water partition coefficient (Wildman–Crippen LogP) is 3.48. The van der Waals surface area contributed by atoms with E-state index in [9.17, 15) is 9.90 Å². The van der Waals surface area contributed by atoms with Crippen molar-refractivity contribution >= 4 is 40.6 Å². The van der Waals surface area contributed by atoms with Crippen molar-refractivity contribution in [2.75, 3.05) is 0 Å². The van der Waals surface area contributed by atoms with Crippen molar-refractivity contribution in [3.05, 3.63) is 53.6 Å². The van der Waals surface area contributed by atoms with E-state index in [4.69, 9.17) is 0 Å². The second-order valence-electron chi connectivity index (χ2n) is 3.85. The Balaban J connectivity index is 2.05. The molecule has 0 radical (unpaired) electrons. The number of fused-ring (bicyclic) bond motifs is 1. The van der Waals surface area contributed by atoms with Crippen molar-refractivity contribution in [1.82, 2.24) is 9.25 Å². The van der Waals surface area contributed by atoms with Crippen LogP contribution in [0.4, 0.5) is 0 Å². The Labute approximate surface area is 118 Å². The number of hydrazine groups is 1. The van der Waals surface area contributed by atoms with Gasteiger partial charge in [0.1, 0.15) is 0 Å². The maximum absolute atomic E-state index is 11.2. The molecule has 0 aliphatic carbocycles. The standard InChI is InChI=1S/C13H10N2O2S2/c16-13(17)11-5-6-12(19-15-14-7-8-18-15)10-4-2-1-3-9(10)11/h1-8,14H,(H,16,17). The van der Waals surface area contributed by atoms with E-state index in [1.807, 2.05) is 45.8 Å². The van der Waals surface area contributed by atoms with Gasteiger partial charge < -0.3 is 10.5 Å². The third kappa shape index (κ3) is 2.42. The van der Waals surface area contributed by atoms with Gasteiger partial charge in [0.25, 0.3) is 0 Å². The van der Waals surface area contributed by atoms with Crippen LogP contribution in [-0.2, 0) is 0 Å². The van der Waals surface area contributed by atoms with Crippen LogP contribution in [0, 0.1) is 0 Å². The number of nitrogens with zero attached hydrogens (tertiary/aromatic N) is 1. The molecule has 96 valence electrons. The lowest BCUT2D eigenvalue weighted by Crippen LogP contribution is -2.14. The zero-order valence-electron chi connectivity index (χ0n) is 9.74. The molecule has 0 aromatic heterocycles. The Kier molecular flexibility index (Phi) is 3.37. The van der Waals surface area contributed by atoms with Crippen molar-refractivity contribution in [3.63, 3.8) is 0 Å². The molecule has 0 amide bonds. The first-order valence-corrected chi connectivity index (χ1v) is 7.18. The summed E-state index contributed by atoms with van der Waals surface area (Å²) in [6.07, 6.45) is 1.85. The van der Waals surface area contributed by atoms with Crippen LogP contribution < -0.4 is 5.43 Å². The highest BCUT2D eigenvalue weighted by Crippen LogP contribution is 2.35. The van der Waals surface area contributed by atoms with Gasteiger partial charge in [-0.05, 0) is 46.8 Å². The Bertz CT molecular complexity index is 665. The molecule has 2 aromatic carbocycles. The fraction of sp³-hybridized carbons (Fsp3) is 0. The van der Waals surface area contributed by atoms with Crippen molar-refractivity contribution in [2.45, 2.75) is 4.90 Å². The van der Waals surface area contributed by atoms with E-state index in [-0.39, 0.29) is 0 Å². The summed E-state index contributed by atoms with van der Waals surface area (Å²) in [5.41, 5.74) is 3.40. The molecule has 0 bridgehead atoms. The summed E-state index contributed by atoms with van der Waals surface area (Å²) in [4.78, 5) is 12.2. The minimum absolute atomic E-state index is 0.333. The van der Waals surface area contributed by atoms with Crippen LogP contribution in [0.15, 0.2) is 52.9 Å². The summed E-state index contributed by atoms with van der Waals surface area (Å²) in [6.45, 7) is 0. The third-order valence-electron chi connectivity index (χ3n) is 2.70. The second-order valence-corrected chi connectivity index (χ2v) is 5.91. The predicted molar refractivity (Wildman–Crippen MR) is 78.5 cm³/mol. The summed E-state index contributed by atoms with van der Waals surface area (Å²) < 4.78 is 1.90. The van der Waals surface area contributed by atoms with Crippen molar-refractivity contribution in [3.8, 4) is 0 Å². The normalized spacial score (nSPS) is 14.7. The minimum atomic E-state index is -0.900. The number of carboxylic acid groups (broad SMARTS) is 1. The number of rotatable bonds is 3. The van der Waals surface area contributed by atoms with Gasteiger partial charge in [-0.2, -0.15) is 0 Å². The Hall–Kier alpha value is -1.63. The topological polar surface area (TPSA) is 52.6 Å². The lowest BCUT2D eigenvalue weighted by atomic mass is 10.0. The first-order chi connectivity index (χ1) is 9.25. The van der Waals surface area contributed by atoms with Gasteiger partial charge in [0.15, 0.2) is 0 Å². The molecule has 1 aliphatic rings. The molecule has 0 saturated carbocycles. The average Bonchev–Trinajstić information content (AvgIpc) is 2.91. The number of carbonyl (C=O) groups is 1. The highest BCUT2D eigenvalue weighted by atomic mass is 32.2. The Morgan fingerprint density at radius 1 is 1.21 bits per heavy atom. The molecule has 4 nitrogen and oxygen atoms in total. The number of benzene rings is 2. The maximum Gasteiger partial charge on any atom is 0.336 e. The molecule has 0 saturated heterocycles. The Morgan fingerprint density at radius 3 is 2.68 bits per heavy atom. The summed E-state index contributed by atoms with van der Waals surface area (Å²) >= 11 is 3.08. The average molecular weight is 290 g/mol. The molecule has 0 unspecified atom stereocenters. The number of aromatic carboxylic acids is 1. The zero-order chi connectivity index (χ0) is 13.2. The van der Waals surface area contributed by atoms with Crippen LogP contribution in [-0.4, -0.2) is 14.9 Å². The van der Waals surface area contributed by atoms with Gasteiger partial charge in [0.2, 0.25) is 0 Å². The van der Waals surface area contributed by atoms with Crippen LogP contribution >= 0.6 is 23.9 Å². The molecular weight excluding hydrogens is 280 g/mol. The highest BCUT2D eigenvalue weighted by molar-refractivity contribution is 8.13. The van der Waals surface area contributed by atoms with Gasteiger partial charge in [-0.1, -0.05) is 28.1 Å². The maximum atomic E-state index is 11.2. The molecule has 1 aliphatic heterocycles. The molecule has 0 fully saturated rings. The van der Waals surface area contributed by atoms with Crippen LogP contribution in [0.25, 0.3) is 10.8 Å². The lowest BCUT2D eigenvalue weighted by Gasteiger charge is -2.14. The molecule has 6 heteroatoms. The summed E-state index contributed by atoms with van der Waals surface area (Å²) in [7, 11) is 0. The summed E-state index contributed by atoms with van der Waals surface area (Å²) in [5, 5.41) is 12.9. The van der Waals surface area contributed by atoms with E-state index in [2.05, 4.69) is 5.43 Å². The number of hydrogen-bond donors (Lipinski definition) is 2. The van der Waals surface area contributed by atoms with Gasteiger partial charge in [-0.25, -0.2) is 4.79 Å². The quantitative estimate of drug-likeness (QED) is 0.844. The molecule has 19 heavy (non-hydrogen) atoms. The highest BCUT2D eigenvalue weighted by Gasteiger charge is 2.14. The van der Waals surface area contributed by atoms with E-state index in [0.29, 0.717) is 5.56 Å². The minimum Gasteiger partial charge on any atom is -0.478 e. The van der Waals surface area contributed by atoms with Crippen molar-refractivity contribution in [1.29, 1.82) is 0 Å². The number of hydrogen-bond acceptors (Lipinski definition) is 5. The van der Waals surface area contributed by atoms with Crippen LogP contribution in [0.1, 0.15) is 10.4 Å². The smallest absolute Gasteiger partial charge is 0.336 e. The number of nitrogens with one attached hydrogen (secondary N) is 1. The summed E-state index contributed by atoms with van der Waals surface area (Å²) in [6, 6.07) is 11.1. The monoisotopic (exact) mass is 290 g/mol. The first kappa shape index (κ1) is 12.4. The van der Waals surface area contributed by atoms with Crippen molar-refractivity contribution in [2.24, 2.45) is 0 Å². The first-order valence-electron chi connectivity index (χ1n) is 5.57. The van der Waals surface area contributed by atoms with Crippen LogP contribution in [0.2, 0.25) is 0 Å². The van der Waals surface area contributed by atoms with Crippen molar-refractivity contribution < 1.29 is 9.90 Å². The summed E-state index contributed by atoms with van der Waals surface area (Å²) in [5.74, 6) is -0.900. The zero-order valence-corrected chi connectivity index (χ0v) is 11.4. The molecule has 1 heterocycles. The Morgan fingerprint density at radius 2 is 2.00 bits per heavy atom. The molecule has 0 spiro atoms. The van der Waals surface area contributed by atoms with Gasteiger partial charge in [-0.15, -0.1) is 0 Å². The molecular formula is C13H10N2O2S2. The van der Waals surface area contributed by atoms with Crippen LogP contribution in [0.5, 0.6) is 0 Å². The van der Waals surface area contributed by atoms with E-state index >= 15 is 0 Å². The third-order valence-corrected chi connectivity index (χ3v) is 4.56. The molecule has 2 aromatic rings. The molecule has 2 N–H and O–H groups in total. The fourth-order valence-corrected chi connectivity index (χ4v) is 3.50. The second kappa shape index (κ2) is 5.16. The lowest BCUT2D eigenvalue weighted by molar-refractivity contribution is 0.0699. The van der Waals surface area contributed by atoms with Gasteiger partial charge in [0.05, 0.1) is 5.56 Å². The fourth-order valence-electron chi connectivity index (χ4n) is 1.88. The SMILES string of the molecule is O=C(O)c1ccc(SN2NC=CS2)c2ccccc12. The van der Waals surface area contributed by atoms with Gasteiger partial charge in [-0.3, -0.25) is 0 Å². The largest absolute Gasteiger partial charge is 0.478 e. The van der Waals surface area contributed by atoms with E-state index in [1.165, 1.54) is 11.9 Å². The van der Waals surface area contributed by atoms with E-state index < -0.39 is 5.97 Å². The van der Waals surface area contributed by atoms with E-state index in [0.717, 1.165) is 15.7 Å². The molecule has 3 rings (SSSR count). The van der Waals surface area contributed by atoms with Crippen LogP contribution in [0.3, 0.4) is 0 Å². The van der Waals surface area contributed by atoms with Gasteiger partial charge in [0, 0.05) is 16.5 Å². The van der Waals surface area contributed by atoms with E-state index in [1.54, 1.807) is 18.0 Å². The number of carboxylic acids is 1. The van der Waals surface area contributed by atoms with Gasteiger partial charge >= 0.3 is 5.97 Å².